The van der Waals surface area contributed by atoms with Crippen molar-refractivity contribution in [2.45, 2.75) is 19.3 Å². The standard InChI is InChI=1S/C41H52N6O2/c1-42-36-14-7-9-16-38(36)48-40(42)32-34-18-24-44(25-19-34)22-11-28-46(3,4)30-13-31-47(5,6)29-12-23-45-26-20-35(21-27-45)33-41-43(2)37-15-8-10-17-39(37)49-41/h7-10,14-21,24-27H,11-13,22-23,28-31H2,1-6H3/q+2. The molecule has 0 radical (unpaired) electrons. The first-order valence-corrected chi connectivity index (χ1v) is 17.5. The molecule has 4 heterocycles. The number of quaternary nitrogens is 2. The average molecular weight is 661 g/mol. The van der Waals surface area contributed by atoms with Gasteiger partial charge in [-0.2, -0.15) is 0 Å². The third-order valence-corrected chi connectivity index (χ3v) is 9.65. The van der Waals surface area contributed by atoms with Crippen LogP contribution in [0, 0.1) is 0 Å². The number of rotatable bonds is 12. The average Bonchev–Trinajstić information content (AvgIpc) is 3.57. The van der Waals surface area contributed by atoms with Crippen LogP contribution >= 0.6 is 0 Å². The lowest BCUT2D eigenvalue weighted by molar-refractivity contribution is -0.909. The van der Waals surface area contributed by atoms with E-state index in [1.165, 1.54) is 19.5 Å². The zero-order valence-corrected chi connectivity index (χ0v) is 30.1. The summed E-state index contributed by atoms with van der Waals surface area (Å²) in [5, 5.41) is 0. The molecule has 0 fully saturated rings. The van der Waals surface area contributed by atoms with Crippen molar-refractivity contribution in [3.63, 3.8) is 0 Å². The van der Waals surface area contributed by atoms with Gasteiger partial charge in [0.15, 0.2) is 11.5 Å². The van der Waals surface area contributed by atoms with Gasteiger partial charge in [-0.15, -0.1) is 0 Å². The summed E-state index contributed by atoms with van der Waals surface area (Å²) in [5.41, 5.74) is 11.0. The monoisotopic (exact) mass is 660 g/mol. The molecule has 0 aliphatic carbocycles. The zero-order valence-electron chi connectivity index (χ0n) is 30.1. The van der Waals surface area contributed by atoms with Gasteiger partial charge in [-0.1, -0.05) is 24.3 Å². The van der Waals surface area contributed by atoms with Gasteiger partial charge in [-0.05, 0) is 60.0 Å². The molecule has 2 aromatic carbocycles. The predicted octanol–water partition coefficient (Wildman–Crippen LogP) is 6.79. The second-order valence-electron chi connectivity index (χ2n) is 14.6. The smallest absolute Gasteiger partial charge is 0.246 e. The summed E-state index contributed by atoms with van der Waals surface area (Å²) in [6.45, 7) is 6.72. The molecule has 8 nitrogen and oxygen atoms in total. The van der Waals surface area contributed by atoms with Crippen molar-refractivity contribution in [1.82, 2.24) is 9.80 Å². The van der Waals surface area contributed by atoms with Gasteiger partial charge in [0.25, 0.3) is 0 Å². The summed E-state index contributed by atoms with van der Waals surface area (Å²) in [7, 11) is 13.5. The lowest BCUT2D eigenvalue weighted by Crippen LogP contribution is -2.46. The van der Waals surface area contributed by atoms with E-state index in [4.69, 9.17) is 9.47 Å². The molecule has 4 aliphatic rings. The molecule has 0 spiro atoms. The number of ether oxygens (including phenoxy) is 2. The number of para-hydroxylation sites is 4. The van der Waals surface area contributed by atoms with Crippen molar-refractivity contribution in [1.29, 1.82) is 0 Å². The highest BCUT2D eigenvalue weighted by Gasteiger charge is 2.24. The van der Waals surface area contributed by atoms with E-state index in [2.05, 4.69) is 111 Å². The molecule has 0 unspecified atom stereocenters. The van der Waals surface area contributed by atoms with E-state index >= 15 is 0 Å². The van der Waals surface area contributed by atoms with Crippen molar-refractivity contribution in [3.8, 4) is 11.5 Å². The lowest BCUT2D eigenvalue weighted by atomic mass is 10.2. The molecule has 0 N–H and O–H groups in total. The van der Waals surface area contributed by atoms with Crippen molar-refractivity contribution in [2.75, 3.05) is 91.4 Å². The Labute approximate surface area is 293 Å². The van der Waals surface area contributed by atoms with Crippen molar-refractivity contribution in [3.05, 3.63) is 132 Å². The minimum Gasteiger partial charge on any atom is -0.432 e. The fourth-order valence-corrected chi connectivity index (χ4v) is 6.56. The van der Waals surface area contributed by atoms with Crippen LogP contribution in [0.3, 0.4) is 0 Å². The maximum Gasteiger partial charge on any atom is 0.246 e. The quantitative estimate of drug-likeness (QED) is 0.184. The van der Waals surface area contributed by atoms with Crippen LogP contribution in [0.15, 0.2) is 132 Å². The minimum absolute atomic E-state index is 0.729. The molecule has 0 saturated heterocycles. The Morgan fingerprint density at radius 2 is 0.898 bits per heavy atom. The number of fused-ring (bicyclic) bond motifs is 2. The number of hydrogen-bond acceptors (Lipinski definition) is 6. The van der Waals surface area contributed by atoms with E-state index in [0.29, 0.717) is 0 Å². The molecular formula is C41H52N6O2+2. The third kappa shape index (κ3) is 8.80. The Hall–Kier alpha value is -4.84. The first-order valence-electron chi connectivity index (χ1n) is 17.5. The van der Waals surface area contributed by atoms with Gasteiger partial charge in [0.1, 0.15) is 0 Å². The number of allylic oxidation sites excluding steroid dienone is 6. The molecule has 8 heteroatoms. The summed E-state index contributed by atoms with van der Waals surface area (Å²) in [5.74, 6) is 3.21. The zero-order chi connectivity index (χ0) is 34.4. The Morgan fingerprint density at radius 1 is 0.531 bits per heavy atom. The maximum atomic E-state index is 5.99. The van der Waals surface area contributed by atoms with Crippen LogP contribution in [0.2, 0.25) is 0 Å². The molecule has 0 saturated carbocycles. The van der Waals surface area contributed by atoms with Crippen molar-refractivity contribution >= 4 is 11.4 Å². The van der Waals surface area contributed by atoms with Crippen LogP contribution in [0.4, 0.5) is 11.4 Å². The number of nitrogens with zero attached hydrogens (tertiary/aromatic N) is 6. The number of anilines is 2. The number of benzene rings is 2. The third-order valence-electron chi connectivity index (χ3n) is 9.65. The van der Waals surface area contributed by atoms with E-state index in [1.807, 2.05) is 60.3 Å². The van der Waals surface area contributed by atoms with Gasteiger partial charge in [0.05, 0.1) is 65.7 Å². The van der Waals surface area contributed by atoms with Crippen LogP contribution in [-0.2, 0) is 0 Å². The van der Waals surface area contributed by atoms with Crippen LogP contribution in [0.1, 0.15) is 19.3 Å². The summed E-state index contributed by atoms with van der Waals surface area (Å²) < 4.78 is 14.1. The summed E-state index contributed by atoms with van der Waals surface area (Å²) in [6, 6.07) is 16.2. The van der Waals surface area contributed by atoms with Crippen LogP contribution < -0.4 is 19.3 Å². The van der Waals surface area contributed by atoms with E-state index in [1.54, 1.807) is 0 Å². The van der Waals surface area contributed by atoms with Gasteiger partial charge in [-0.25, -0.2) is 0 Å². The van der Waals surface area contributed by atoms with Crippen LogP contribution in [-0.4, -0.2) is 100 Å². The first kappa shape index (κ1) is 34.0. The summed E-state index contributed by atoms with van der Waals surface area (Å²) in [6.07, 6.45) is 20.6. The molecule has 256 valence electrons. The van der Waals surface area contributed by atoms with E-state index in [9.17, 15) is 0 Å². The molecule has 49 heavy (non-hydrogen) atoms. The number of hydrogen-bond donors (Lipinski definition) is 0. The van der Waals surface area contributed by atoms with E-state index < -0.39 is 0 Å². The molecule has 0 amide bonds. The lowest BCUT2D eigenvalue weighted by Gasteiger charge is -2.34. The van der Waals surface area contributed by atoms with Gasteiger partial charge >= 0.3 is 0 Å². The first-order chi connectivity index (χ1) is 23.6. The second-order valence-corrected chi connectivity index (χ2v) is 14.6. The highest BCUT2D eigenvalue weighted by atomic mass is 16.5. The van der Waals surface area contributed by atoms with Gasteiger partial charge < -0.3 is 38.0 Å². The Kier molecular flexibility index (Phi) is 10.2. The fraction of sp³-hybridized carbons (Fsp3) is 0.366. The largest absolute Gasteiger partial charge is 0.432 e. The van der Waals surface area contributed by atoms with E-state index in [0.717, 1.165) is 93.8 Å². The normalized spacial score (nSPS) is 16.6. The molecule has 0 aromatic heterocycles. The van der Waals surface area contributed by atoms with Crippen molar-refractivity contribution in [2.24, 2.45) is 0 Å². The topological polar surface area (TPSA) is 31.4 Å². The molecular weight excluding hydrogens is 608 g/mol. The molecule has 2 aromatic rings. The van der Waals surface area contributed by atoms with Gasteiger partial charge in [0.2, 0.25) is 11.8 Å². The SMILES string of the molecule is CN1C(=C=C2C=CN(CCC[N+](C)(C)CCC[N+](C)(C)CCCN3C=CC(=C=C4Oc5ccccc5N4C)C=C3)C=C2)Oc2ccccc21. The Bertz CT molecular complexity index is 1620. The maximum absolute atomic E-state index is 5.99. The molecule has 6 rings (SSSR count). The Balaban J connectivity index is 0.870. The van der Waals surface area contributed by atoms with Crippen LogP contribution in [0.25, 0.3) is 0 Å². The van der Waals surface area contributed by atoms with Crippen molar-refractivity contribution < 1.29 is 18.4 Å². The minimum atomic E-state index is 0.729. The molecule has 0 atom stereocenters. The van der Waals surface area contributed by atoms with Gasteiger partial charge in [0, 0.05) is 82.4 Å². The Morgan fingerprint density at radius 3 is 1.29 bits per heavy atom. The fourth-order valence-electron chi connectivity index (χ4n) is 6.56. The highest BCUT2D eigenvalue weighted by molar-refractivity contribution is 5.66. The highest BCUT2D eigenvalue weighted by Crippen LogP contribution is 2.38. The van der Waals surface area contributed by atoms with E-state index in [-0.39, 0.29) is 0 Å². The second kappa shape index (κ2) is 14.7. The van der Waals surface area contributed by atoms with Gasteiger partial charge in [-0.3, -0.25) is 0 Å². The molecule has 0 bridgehead atoms. The summed E-state index contributed by atoms with van der Waals surface area (Å²) >= 11 is 0. The predicted molar refractivity (Wildman–Crippen MR) is 200 cm³/mol. The summed E-state index contributed by atoms with van der Waals surface area (Å²) in [4.78, 5) is 8.62. The van der Waals surface area contributed by atoms with Crippen LogP contribution in [0.5, 0.6) is 11.5 Å². The molecule has 4 aliphatic heterocycles.